The van der Waals surface area contributed by atoms with Crippen molar-refractivity contribution in [2.45, 2.75) is 64.0 Å². The second kappa shape index (κ2) is 4.08. The summed E-state index contributed by atoms with van der Waals surface area (Å²) in [6.45, 7) is 4.26. The first-order valence-electron chi connectivity index (χ1n) is 7.81. The molecule has 0 atom stereocenters. The zero-order valence-corrected chi connectivity index (χ0v) is 12.3. The highest BCUT2D eigenvalue weighted by Crippen LogP contribution is 2.44. The third-order valence-corrected chi connectivity index (χ3v) is 5.40. The Morgan fingerprint density at radius 3 is 2.50 bits per heavy atom. The second-order valence-electron chi connectivity index (χ2n) is 6.60. The highest BCUT2D eigenvalue weighted by molar-refractivity contribution is 5.81. The van der Waals surface area contributed by atoms with Crippen molar-refractivity contribution in [3.63, 3.8) is 0 Å². The van der Waals surface area contributed by atoms with Gasteiger partial charge in [0.15, 0.2) is 0 Å². The lowest BCUT2D eigenvalue weighted by Crippen LogP contribution is -2.34. The van der Waals surface area contributed by atoms with Crippen LogP contribution in [0.15, 0.2) is 12.1 Å². The Hall–Kier alpha value is -1.35. The molecule has 2 aliphatic carbocycles. The molecule has 2 aromatic rings. The second-order valence-corrected chi connectivity index (χ2v) is 6.60. The number of rotatable bonds is 2. The Bertz CT molecular complexity index is 678. The number of aromatic nitrogens is 2. The highest BCUT2D eigenvalue weighted by atomic mass is 16.3. The summed E-state index contributed by atoms with van der Waals surface area (Å²) >= 11 is 0. The molecule has 0 saturated heterocycles. The number of hydrogen-bond donors (Lipinski definition) is 1. The lowest BCUT2D eigenvalue weighted by Gasteiger charge is -2.38. The molecule has 2 aliphatic rings. The molecule has 1 N–H and O–H groups in total. The van der Waals surface area contributed by atoms with E-state index in [1.165, 1.54) is 30.3 Å². The van der Waals surface area contributed by atoms with Crippen LogP contribution in [0.4, 0.5) is 0 Å². The third kappa shape index (κ3) is 1.53. The summed E-state index contributed by atoms with van der Waals surface area (Å²) in [6.07, 6.45) is 6.79. The van der Waals surface area contributed by atoms with E-state index >= 15 is 0 Å². The van der Waals surface area contributed by atoms with Crippen molar-refractivity contribution < 1.29 is 5.11 Å². The maximum atomic E-state index is 10.7. The maximum absolute atomic E-state index is 10.7. The molecule has 1 aromatic carbocycles. The van der Waals surface area contributed by atoms with Crippen molar-refractivity contribution >= 4 is 11.0 Å². The zero-order chi connectivity index (χ0) is 13.9. The van der Waals surface area contributed by atoms with E-state index in [2.05, 4.69) is 30.5 Å². The first kappa shape index (κ1) is 12.4. The number of aliphatic hydroxyl groups is 1. The number of benzene rings is 1. The summed E-state index contributed by atoms with van der Waals surface area (Å²) in [5, 5.41) is 10.7. The Morgan fingerprint density at radius 1 is 1.20 bits per heavy atom. The first-order valence-corrected chi connectivity index (χ1v) is 7.81. The molecule has 20 heavy (non-hydrogen) atoms. The van der Waals surface area contributed by atoms with Gasteiger partial charge in [0, 0.05) is 6.04 Å². The van der Waals surface area contributed by atoms with E-state index in [1.54, 1.807) is 0 Å². The van der Waals surface area contributed by atoms with E-state index in [4.69, 9.17) is 4.98 Å². The summed E-state index contributed by atoms with van der Waals surface area (Å²) in [4.78, 5) is 4.73. The summed E-state index contributed by atoms with van der Waals surface area (Å²) in [7, 11) is 0. The van der Waals surface area contributed by atoms with Crippen molar-refractivity contribution in [1.29, 1.82) is 0 Å². The van der Waals surface area contributed by atoms with Crippen molar-refractivity contribution in [3.05, 3.63) is 29.1 Å². The highest BCUT2D eigenvalue weighted by Gasteiger charge is 2.38. The minimum atomic E-state index is -0.582. The van der Waals surface area contributed by atoms with Gasteiger partial charge in [0.1, 0.15) is 5.82 Å². The monoisotopic (exact) mass is 270 g/mol. The van der Waals surface area contributed by atoms with Gasteiger partial charge in [0.25, 0.3) is 0 Å². The van der Waals surface area contributed by atoms with E-state index < -0.39 is 5.60 Å². The minimum Gasteiger partial charge on any atom is -0.385 e. The van der Waals surface area contributed by atoms with Gasteiger partial charge >= 0.3 is 0 Å². The van der Waals surface area contributed by atoms with Crippen LogP contribution in [0.3, 0.4) is 0 Å². The molecule has 0 bridgehead atoms. The standard InChI is InChI=1S/C17H22N2O/c1-11-14(17(20)9-4-10-17)7-8-15-16(11)19(12(2)18-15)13-5-3-6-13/h7-8,13,20H,3-6,9-10H2,1-2H3. The number of nitrogens with zero attached hydrogens (tertiary/aromatic N) is 2. The minimum absolute atomic E-state index is 0.582. The summed E-state index contributed by atoms with van der Waals surface area (Å²) in [5.41, 5.74) is 4.11. The van der Waals surface area contributed by atoms with Crippen LogP contribution in [-0.2, 0) is 5.60 Å². The Morgan fingerprint density at radius 2 is 1.95 bits per heavy atom. The van der Waals surface area contributed by atoms with Gasteiger partial charge in [-0.1, -0.05) is 6.07 Å². The fraction of sp³-hybridized carbons (Fsp3) is 0.588. The van der Waals surface area contributed by atoms with E-state index in [0.717, 1.165) is 36.2 Å². The molecule has 0 unspecified atom stereocenters. The lowest BCUT2D eigenvalue weighted by atomic mass is 9.73. The Labute approximate surface area is 119 Å². The molecule has 1 heterocycles. The molecule has 106 valence electrons. The van der Waals surface area contributed by atoms with Gasteiger partial charge in [-0.3, -0.25) is 0 Å². The number of imidazole rings is 1. The van der Waals surface area contributed by atoms with Gasteiger partial charge in [-0.05, 0) is 69.6 Å². The van der Waals surface area contributed by atoms with Gasteiger partial charge in [0.2, 0.25) is 0 Å². The molecule has 4 rings (SSSR count). The van der Waals surface area contributed by atoms with E-state index in [0.29, 0.717) is 6.04 Å². The quantitative estimate of drug-likeness (QED) is 0.902. The van der Waals surface area contributed by atoms with E-state index in [-0.39, 0.29) is 0 Å². The lowest BCUT2D eigenvalue weighted by molar-refractivity contribution is -0.0392. The Balaban J connectivity index is 1.94. The van der Waals surface area contributed by atoms with Gasteiger partial charge in [-0.15, -0.1) is 0 Å². The molecule has 3 nitrogen and oxygen atoms in total. The smallest absolute Gasteiger partial charge is 0.106 e. The third-order valence-electron chi connectivity index (χ3n) is 5.40. The van der Waals surface area contributed by atoms with Crippen molar-refractivity contribution in [3.8, 4) is 0 Å². The predicted molar refractivity (Wildman–Crippen MR) is 79.8 cm³/mol. The molecule has 0 aliphatic heterocycles. The van der Waals surface area contributed by atoms with Gasteiger partial charge in [0.05, 0.1) is 16.6 Å². The van der Waals surface area contributed by atoms with Crippen LogP contribution in [0.1, 0.15) is 61.5 Å². The molecule has 1 aromatic heterocycles. The van der Waals surface area contributed by atoms with Crippen LogP contribution in [0.2, 0.25) is 0 Å². The number of hydrogen-bond acceptors (Lipinski definition) is 2. The molecular formula is C17H22N2O. The van der Waals surface area contributed by atoms with Crippen molar-refractivity contribution in [2.24, 2.45) is 0 Å². The molecule has 0 amide bonds. The summed E-state index contributed by atoms with van der Waals surface area (Å²) in [5.74, 6) is 1.12. The predicted octanol–water partition coefficient (Wildman–Crippen LogP) is 3.75. The van der Waals surface area contributed by atoms with Crippen LogP contribution in [0, 0.1) is 13.8 Å². The molecule has 3 heteroatoms. The molecule has 2 saturated carbocycles. The molecular weight excluding hydrogens is 248 g/mol. The van der Waals surface area contributed by atoms with Crippen LogP contribution in [-0.4, -0.2) is 14.7 Å². The largest absolute Gasteiger partial charge is 0.385 e. The fourth-order valence-corrected chi connectivity index (χ4v) is 3.85. The average molecular weight is 270 g/mol. The van der Waals surface area contributed by atoms with Crippen molar-refractivity contribution in [2.75, 3.05) is 0 Å². The molecule has 2 fully saturated rings. The fourth-order valence-electron chi connectivity index (χ4n) is 3.85. The van der Waals surface area contributed by atoms with Crippen LogP contribution in [0.5, 0.6) is 0 Å². The average Bonchev–Trinajstić information content (AvgIpc) is 2.63. The molecule has 0 spiro atoms. The maximum Gasteiger partial charge on any atom is 0.106 e. The number of fused-ring (bicyclic) bond motifs is 1. The molecule has 0 radical (unpaired) electrons. The van der Waals surface area contributed by atoms with Gasteiger partial charge in [-0.2, -0.15) is 0 Å². The van der Waals surface area contributed by atoms with Crippen LogP contribution < -0.4 is 0 Å². The Kier molecular flexibility index (Phi) is 2.53. The van der Waals surface area contributed by atoms with Gasteiger partial charge < -0.3 is 9.67 Å². The van der Waals surface area contributed by atoms with E-state index in [9.17, 15) is 5.11 Å². The van der Waals surface area contributed by atoms with Crippen LogP contribution >= 0.6 is 0 Å². The normalized spacial score (nSPS) is 21.8. The summed E-state index contributed by atoms with van der Waals surface area (Å²) in [6, 6.07) is 4.80. The van der Waals surface area contributed by atoms with Crippen molar-refractivity contribution in [1.82, 2.24) is 9.55 Å². The topological polar surface area (TPSA) is 38.1 Å². The zero-order valence-electron chi connectivity index (χ0n) is 12.3. The number of aryl methyl sites for hydroxylation is 2. The van der Waals surface area contributed by atoms with Crippen LogP contribution in [0.25, 0.3) is 11.0 Å². The van der Waals surface area contributed by atoms with Gasteiger partial charge in [-0.25, -0.2) is 4.98 Å². The summed E-state index contributed by atoms with van der Waals surface area (Å²) < 4.78 is 2.42. The van der Waals surface area contributed by atoms with E-state index in [1.807, 2.05) is 0 Å². The first-order chi connectivity index (χ1) is 9.60. The SMILES string of the molecule is Cc1c(C2(O)CCC2)ccc2nc(C)n(C3CCC3)c12.